The highest BCUT2D eigenvalue weighted by molar-refractivity contribution is 5.07. The van der Waals surface area contributed by atoms with Gasteiger partial charge in [-0.15, -0.1) is 0 Å². The van der Waals surface area contributed by atoms with Crippen molar-refractivity contribution in [3.05, 3.63) is 12.2 Å². The molecule has 3 atom stereocenters. The Labute approximate surface area is 53.3 Å². The number of aliphatic hydroxyl groups excluding tert-OH is 3. The van der Waals surface area contributed by atoms with Crippen molar-refractivity contribution in [3.8, 4) is 0 Å². The van der Waals surface area contributed by atoms with Gasteiger partial charge in [-0.3, -0.25) is 0 Å². The quantitative estimate of drug-likeness (QED) is 0.394. The average molecular weight is 130 g/mol. The first-order valence-electron chi connectivity index (χ1n) is 2.91. The molecule has 0 aromatic rings. The van der Waals surface area contributed by atoms with E-state index in [4.69, 9.17) is 15.3 Å². The molecular weight excluding hydrogens is 120 g/mol. The highest BCUT2D eigenvalue weighted by Crippen LogP contribution is 2.17. The Morgan fingerprint density at radius 3 is 2.11 bits per heavy atom. The Kier molecular flexibility index (Phi) is 1.85. The van der Waals surface area contributed by atoms with Crippen LogP contribution in [0.3, 0.4) is 0 Å². The van der Waals surface area contributed by atoms with Crippen LogP contribution in [-0.4, -0.2) is 34.1 Å². The van der Waals surface area contributed by atoms with Crippen LogP contribution in [0.15, 0.2) is 12.2 Å². The van der Waals surface area contributed by atoms with Crippen LogP contribution in [0.4, 0.5) is 0 Å². The predicted octanol–water partition coefficient (Wildman–Crippen LogP) is -1.11. The van der Waals surface area contributed by atoms with Gasteiger partial charge < -0.3 is 15.3 Å². The summed E-state index contributed by atoms with van der Waals surface area (Å²) >= 11 is 0. The van der Waals surface area contributed by atoms with E-state index >= 15 is 0 Å². The summed E-state index contributed by atoms with van der Waals surface area (Å²) in [7, 11) is 0. The Hall–Kier alpha value is -0.380. The maximum atomic E-state index is 8.98. The lowest BCUT2D eigenvalue weighted by atomic mass is 10.1. The summed E-state index contributed by atoms with van der Waals surface area (Å²) in [6, 6.07) is 0. The minimum atomic E-state index is -0.810. The van der Waals surface area contributed by atoms with E-state index in [9.17, 15) is 0 Å². The molecular formula is C6H10O3. The Balaban J connectivity index is 2.51. The van der Waals surface area contributed by atoms with Crippen molar-refractivity contribution in [3.63, 3.8) is 0 Å². The zero-order chi connectivity index (χ0) is 6.85. The van der Waals surface area contributed by atoms with Gasteiger partial charge in [-0.05, 0) is 0 Å². The third-order valence-electron chi connectivity index (χ3n) is 1.55. The average Bonchev–Trinajstić information content (AvgIpc) is 2.15. The van der Waals surface area contributed by atoms with Crippen molar-refractivity contribution in [2.75, 3.05) is 6.61 Å². The molecule has 0 fully saturated rings. The second-order valence-electron chi connectivity index (χ2n) is 2.21. The van der Waals surface area contributed by atoms with E-state index < -0.39 is 12.2 Å². The van der Waals surface area contributed by atoms with Gasteiger partial charge in [0.05, 0.1) is 18.8 Å². The van der Waals surface area contributed by atoms with E-state index in [2.05, 4.69) is 0 Å². The molecule has 0 bridgehead atoms. The van der Waals surface area contributed by atoms with Crippen LogP contribution in [-0.2, 0) is 0 Å². The second-order valence-corrected chi connectivity index (χ2v) is 2.21. The standard InChI is InChI=1S/C6H10O3/c7-3-4-1-2-5(8)6(4)9/h1-2,4-9H,3H2. The normalized spacial score (nSPS) is 41.9. The lowest BCUT2D eigenvalue weighted by Gasteiger charge is -2.12. The summed E-state index contributed by atoms with van der Waals surface area (Å²) < 4.78 is 0. The molecule has 52 valence electrons. The number of hydrogen-bond donors (Lipinski definition) is 3. The van der Waals surface area contributed by atoms with Gasteiger partial charge in [0.2, 0.25) is 0 Å². The van der Waals surface area contributed by atoms with Gasteiger partial charge >= 0.3 is 0 Å². The maximum Gasteiger partial charge on any atom is 0.0986 e. The molecule has 3 heteroatoms. The molecule has 0 radical (unpaired) electrons. The molecule has 0 aliphatic heterocycles. The van der Waals surface area contributed by atoms with Gasteiger partial charge in [0, 0.05) is 5.92 Å². The molecule has 0 spiro atoms. The lowest BCUT2D eigenvalue weighted by molar-refractivity contribution is 0.0181. The lowest BCUT2D eigenvalue weighted by Crippen LogP contribution is -2.27. The molecule has 0 saturated carbocycles. The van der Waals surface area contributed by atoms with Crippen LogP contribution in [0, 0.1) is 5.92 Å². The van der Waals surface area contributed by atoms with Crippen LogP contribution in [0.5, 0.6) is 0 Å². The highest BCUT2D eigenvalue weighted by atomic mass is 16.3. The summed E-state index contributed by atoms with van der Waals surface area (Å²) in [5, 5.41) is 26.4. The van der Waals surface area contributed by atoms with Crippen LogP contribution < -0.4 is 0 Å². The van der Waals surface area contributed by atoms with Crippen LogP contribution in [0.25, 0.3) is 0 Å². The van der Waals surface area contributed by atoms with Crippen molar-refractivity contribution >= 4 is 0 Å². The first-order chi connectivity index (χ1) is 4.25. The fourth-order valence-electron chi connectivity index (χ4n) is 0.906. The molecule has 3 N–H and O–H groups in total. The van der Waals surface area contributed by atoms with Crippen LogP contribution in [0.1, 0.15) is 0 Å². The molecule has 0 saturated heterocycles. The van der Waals surface area contributed by atoms with Gasteiger partial charge in [-0.1, -0.05) is 12.2 Å². The first-order valence-corrected chi connectivity index (χ1v) is 2.91. The van der Waals surface area contributed by atoms with Gasteiger partial charge in [0.25, 0.3) is 0 Å². The van der Waals surface area contributed by atoms with Crippen LogP contribution in [0.2, 0.25) is 0 Å². The molecule has 1 aliphatic carbocycles. The van der Waals surface area contributed by atoms with E-state index in [1.54, 1.807) is 6.08 Å². The monoisotopic (exact) mass is 130 g/mol. The van der Waals surface area contributed by atoms with Gasteiger partial charge in [-0.2, -0.15) is 0 Å². The SMILES string of the molecule is OCC1C=CC(O)C1O. The molecule has 0 heterocycles. The fourth-order valence-corrected chi connectivity index (χ4v) is 0.906. The summed E-state index contributed by atoms with van der Waals surface area (Å²) in [4.78, 5) is 0. The molecule has 1 aliphatic rings. The molecule has 9 heavy (non-hydrogen) atoms. The minimum Gasteiger partial charge on any atom is -0.396 e. The Morgan fingerprint density at radius 1 is 1.22 bits per heavy atom. The maximum absolute atomic E-state index is 8.98. The zero-order valence-electron chi connectivity index (χ0n) is 4.94. The second kappa shape index (κ2) is 2.47. The van der Waals surface area contributed by atoms with E-state index in [1.807, 2.05) is 0 Å². The van der Waals surface area contributed by atoms with Crippen molar-refractivity contribution in [2.24, 2.45) is 5.92 Å². The third kappa shape index (κ3) is 1.13. The molecule has 0 amide bonds. The molecule has 0 aromatic heterocycles. The third-order valence-corrected chi connectivity index (χ3v) is 1.55. The van der Waals surface area contributed by atoms with Crippen molar-refractivity contribution in [2.45, 2.75) is 12.2 Å². The van der Waals surface area contributed by atoms with Gasteiger partial charge in [0.1, 0.15) is 0 Å². The van der Waals surface area contributed by atoms with Crippen LogP contribution >= 0.6 is 0 Å². The van der Waals surface area contributed by atoms with E-state index in [-0.39, 0.29) is 12.5 Å². The predicted molar refractivity (Wildman–Crippen MR) is 31.7 cm³/mol. The molecule has 3 nitrogen and oxygen atoms in total. The van der Waals surface area contributed by atoms with Crippen molar-refractivity contribution in [1.29, 1.82) is 0 Å². The minimum absolute atomic E-state index is 0.102. The smallest absolute Gasteiger partial charge is 0.0986 e. The topological polar surface area (TPSA) is 60.7 Å². The largest absolute Gasteiger partial charge is 0.396 e. The van der Waals surface area contributed by atoms with Crippen molar-refractivity contribution < 1.29 is 15.3 Å². The van der Waals surface area contributed by atoms with E-state index in [0.29, 0.717) is 0 Å². The van der Waals surface area contributed by atoms with Gasteiger partial charge in [0.15, 0.2) is 0 Å². The molecule has 3 unspecified atom stereocenters. The highest BCUT2D eigenvalue weighted by Gasteiger charge is 2.26. The number of aliphatic hydroxyl groups is 3. The Morgan fingerprint density at radius 2 is 1.89 bits per heavy atom. The number of rotatable bonds is 1. The number of hydrogen-bond acceptors (Lipinski definition) is 3. The van der Waals surface area contributed by atoms with Crippen molar-refractivity contribution in [1.82, 2.24) is 0 Å². The van der Waals surface area contributed by atoms with E-state index in [0.717, 1.165) is 0 Å². The zero-order valence-corrected chi connectivity index (χ0v) is 4.94. The summed E-state index contributed by atoms with van der Waals surface area (Å²) in [6.07, 6.45) is 1.51. The first kappa shape index (κ1) is 6.74. The molecule has 0 aromatic carbocycles. The summed E-state index contributed by atoms with van der Waals surface area (Å²) in [5.41, 5.74) is 0. The summed E-state index contributed by atoms with van der Waals surface area (Å²) in [5.74, 6) is -0.278. The fraction of sp³-hybridized carbons (Fsp3) is 0.667. The Bertz CT molecular complexity index is 121. The summed E-state index contributed by atoms with van der Waals surface area (Å²) in [6.45, 7) is -0.102. The molecule has 1 rings (SSSR count). The van der Waals surface area contributed by atoms with Gasteiger partial charge in [-0.25, -0.2) is 0 Å². The van der Waals surface area contributed by atoms with E-state index in [1.165, 1.54) is 6.08 Å².